The van der Waals surface area contributed by atoms with E-state index in [4.69, 9.17) is 34.8 Å². The van der Waals surface area contributed by atoms with E-state index in [0.29, 0.717) is 12.1 Å². The molecule has 0 amide bonds. The first-order valence-corrected chi connectivity index (χ1v) is 13.7. The zero-order valence-electron chi connectivity index (χ0n) is 19.4. The van der Waals surface area contributed by atoms with Crippen LogP contribution in [-0.2, 0) is 16.0 Å². The minimum absolute atomic E-state index is 0.145. The molecule has 0 N–H and O–H groups in total. The zero-order chi connectivity index (χ0) is 28.3. The van der Waals surface area contributed by atoms with Gasteiger partial charge in [-0.15, -0.1) is 0 Å². The fourth-order valence-electron chi connectivity index (χ4n) is 3.55. The van der Waals surface area contributed by atoms with Gasteiger partial charge in [0.15, 0.2) is 5.78 Å². The molecule has 204 valence electrons. The molecule has 0 aliphatic carbocycles. The standard InChI is InChI=1S/C24H21Cl3F6O3S/c1-3-37(35,36)12-13(2)8-21(34)16-6-4-14(9-18(16)24(31,32)33)5-7-17(23(28,29)30)15-10-19(25)22(27)20(26)11-15/h4-7,9-11,13,17H,3,8,12H2,1-2H3/b7-5+/t13-,17?/m0/s1. The average molecular weight is 610 g/mol. The van der Waals surface area contributed by atoms with Crippen LogP contribution in [0.1, 0.15) is 53.2 Å². The average Bonchev–Trinajstić information content (AvgIpc) is 2.75. The van der Waals surface area contributed by atoms with E-state index in [1.165, 1.54) is 13.8 Å². The number of rotatable bonds is 9. The van der Waals surface area contributed by atoms with E-state index in [0.717, 1.165) is 30.3 Å². The summed E-state index contributed by atoms with van der Waals surface area (Å²) in [7, 11) is -3.45. The van der Waals surface area contributed by atoms with Crippen molar-refractivity contribution < 1.29 is 39.6 Å². The quantitative estimate of drug-likeness (QED) is 0.162. The molecule has 37 heavy (non-hydrogen) atoms. The Labute approximate surface area is 225 Å². The third-order valence-corrected chi connectivity index (χ3v) is 8.51. The molecule has 0 bridgehead atoms. The monoisotopic (exact) mass is 608 g/mol. The van der Waals surface area contributed by atoms with Crippen LogP contribution in [0.25, 0.3) is 6.08 Å². The third-order valence-electron chi connectivity index (χ3n) is 5.36. The van der Waals surface area contributed by atoms with E-state index in [1.807, 2.05) is 0 Å². The lowest BCUT2D eigenvalue weighted by Crippen LogP contribution is -2.20. The fourth-order valence-corrected chi connectivity index (χ4v) is 5.38. The van der Waals surface area contributed by atoms with Gasteiger partial charge in [-0.25, -0.2) is 8.42 Å². The van der Waals surface area contributed by atoms with Crippen molar-refractivity contribution in [2.45, 2.75) is 38.5 Å². The first-order chi connectivity index (χ1) is 16.9. The maximum atomic E-state index is 13.7. The minimum Gasteiger partial charge on any atom is -0.294 e. The van der Waals surface area contributed by atoms with Crippen molar-refractivity contribution in [3.8, 4) is 0 Å². The van der Waals surface area contributed by atoms with E-state index in [-0.39, 0.29) is 37.7 Å². The topological polar surface area (TPSA) is 51.2 Å². The highest BCUT2D eigenvalue weighted by Gasteiger charge is 2.40. The first-order valence-electron chi connectivity index (χ1n) is 10.7. The highest BCUT2D eigenvalue weighted by atomic mass is 35.5. The first kappa shape index (κ1) is 31.5. The summed E-state index contributed by atoms with van der Waals surface area (Å²) in [6.45, 7) is 2.85. The van der Waals surface area contributed by atoms with Crippen LogP contribution in [0.2, 0.25) is 15.1 Å². The number of Topliss-reactive ketones (excluding diaryl/α,β-unsaturated/α-hetero) is 1. The van der Waals surface area contributed by atoms with Crippen LogP contribution < -0.4 is 0 Å². The van der Waals surface area contributed by atoms with Gasteiger partial charge in [0.1, 0.15) is 9.84 Å². The van der Waals surface area contributed by atoms with Crippen LogP contribution in [0.15, 0.2) is 36.4 Å². The Morgan fingerprint density at radius 3 is 2.05 bits per heavy atom. The third kappa shape index (κ3) is 8.63. The van der Waals surface area contributed by atoms with Crippen LogP contribution >= 0.6 is 34.8 Å². The molecule has 0 aromatic heterocycles. The molecule has 2 rings (SSSR count). The summed E-state index contributed by atoms with van der Waals surface area (Å²) in [6.07, 6.45) is -8.80. The molecule has 13 heteroatoms. The fraction of sp³-hybridized carbons (Fsp3) is 0.375. The summed E-state index contributed by atoms with van der Waals surface area (Å²) in [5, 5.41) is -0.598. The number of alkyl halides is 6. The Morgan fingerprint density at radius 2 is 1.57 bits per heavy atom. The van der Waals surface area contributed by atoms with Gasteiger partial charge in [-0.1, -0.05) is 72.9 Å². The molecule has 0 aliphatic rings. The molecule has 2 atom stereocenters. The molecule has 0 fully saturated rings. The molecule has 2 aromatic rings. The van der Waals surface area contributed by atoms with Gasteiger partial charge in [0.25, 0.3) is 0 Å². The second kappa shape index (κ2) is 12.0. The molecule has 0 spiro atoms. The number of benzene rings is 2. The van der Waals surface area contributed by atoms with Crippen molar-refractivity contribution >= 4 is 56.5 Å². The minimum atomic E-state index is -4.99. The van der Waals surface area contributed by atoms with Gasteiger partial charge in [-0.05, 0) is 35.2 Å². The van der Waals surface area contributed by atoms with Crippen LogP contribution in [0, 0.1) is 5.92 Å². The predicted octanol–water partition coefficient (Wildman–Crippen LogP) is 8.67. The largest absolute Gasteiger partial charge is 0.417 e. The summed E-state index contributed by atoms with van der Waals surface area (Å²) in [5.41, 5.74) is -2.66. The highest BCUT2D eigenvalue weighted by Crippen LogP contribution is 2.41. The van der Waals surface area contributed by atoms with E-state index in [2.05, 4.69) is 0 Å². The van der Waals surface area contributed by atoms with Crippen molar-refractivity contribution in [2.24, 2.45) is 5.92 Å². The number of ketones is 1. The Kier molecular flexibility index (Phi) is 10.2. The van der Waals surface area contributed by atoms with E-state index in [1.54, 1.807) is 0 Å². The van der Waals surface area contributed by atoms with Crippen LogP contribution in [0.5, 0.6) is 0 Å². The van der Waals surface area contributed by atoms with Gasteiger partial charge in [-0.3, -0.25) is 4.79 Å². The lowest BCUT2D eigenvalue weighted by molar-refractivity contribution is -0.139. The number of allylic oxidation sites excluding steroid dienone is 1. The predicted molar refractivity (Wildman–Crippen MR) is 133 cm³/mol. The Morgan fingerprint density at radius 1 is 1.00 bits per heavy atom. The lowest BCUT2D eigenvalue weighted by atomic mass is 9.93. The number of hydrogen-bond acceptors (Lipinski definition) is 3. The Bertz CT molecular complexity index is 1260. The van der Waals surface area contributed by atoms with Gasteiger partial charge in [0.05, 0.1) is 32.3 Å². The van der Waals surface area contributed by atoms with Crippen molar-refractivity contribution in [3.05, 3.63) is 73.7 Å². The van der Waals surface area contributed by atoms with Gasteiger partial charge < -0.3 is 0 Å². The lowest BCUT2D eigenvalue weighted by Gasteiger charge is -2.19. The summed E-state index contributed by atoms with van der Waals surface area (Å²) < 4.78 is 106. The number of carbonyl (C=O) groups excluding carboxylic acids is 1. The van der Waals surface area contributed by atoms with E-state index in [9.17, 15) is 39.6 Å². The number of sulfone groups is 1. The van der Waals surface area contributed by atoms with Crippen molar-refractivity contribution in [1.29, 1.82) is 0 Å². The molecular formula is C24H21Cl3F6O3S. The maximum Gasteiger partial charge on any atom is 0.417 e. The molecule has 0 aliphatic heterocycles. The molecular weight excluding hydrogens is 589 g/mol. The zero-order valence-corrected chi connectivity index (χ0v) is 22.4. The van der Waals surface area contributed by atoms with Crippen LogP contribution in [0.4, 0.5) is 26.3 Å². The van der Waals surface area contributed by atoms with Crippen molar-refractivity contribution in [2.75, 3.05) is 11.5 Å². The Balaban J connectivity index is 2.43. The van der Waals surface area contributed by atoms with E-state index < -0.39 is 57.4 Å². The van der Waals surface area contributed by atoms with Gasteiger partial charge in [0, 0.05) is 17.7 Å². The molecule has 2 aromatic carbocycles. The summed E-state index contributed by atoms with van der Waals surface area (Å²) in [5.74, 6) is -4.47. The van der Waals surface area contributed by atoms with Crippen molar-refractivity contribution in [1.82, 2.24) is 0 Å². The maximum absolute atomic E-state index is 13.7. The molecule has 1 unspecified atom stereocenters. The van der Waals surface area contributed by atoms with Gasteiger partial charge >= 0.3 is 12.4 Å². The highest BCUT2D eigenvalue weighted by molar-refractivity contribution is 7.91. The van der Waals surface area contributed by atoms with Crippen molar-refractivity contribution in [3.63, 3.8) is 0 Å². The smallest absolute Gasteiger partial charge is 0.294 e. The summed E-state index contributed by atoms with van der Waals surface area (Å²) >= 11 is 17.4. The number of carbonyl (C=O) groups is 1. The van der Waals surface area contributed by atoms with Crippen LogP contribution in [-0.4, -0.2) is 31.9 Å². The second-order valence-electron chi connectivity index (χ2n) is 8.41. The summed E-state index contributed by atoms with van der Waals surface area (Å²) in [4.78, 5) is 12.6. The van der Waals surface area contributed by atoms with E-state index >= 15 is 0 Å². The Hall–Kier alpha value is -1.75. The molecule has 0 saturated carbocycles. The number of hydrogen-bond donors (Lipinski definition) is 0. The summed E-state index contributed by atoms with van der Waals surface area (Å²) in [6, 6.07) is 4.42. The number of halogens is 9. The van der Waals surface area contributed by atoms with Crippen LogP contribution in [0.3, 0.4) is 0 Å². The normalized spacial score (nSPS) is 14.7. The van der Waals surface area contributed by atoms with Gasteiger partial charge in [0.2, 0.25) is 0 Å². The van der Waals surface area contributed by atoms with Gasteiger partial charge in [-0.2, -0.15) is 26.3 Å². The second-order valence-corrected chi connectivity index (χ2v) is 12.0. The molecule has 3 nitrogen and oxygen atoms in total. The SMILES string of the molecule is CCS(=O)(=O)C[C@@H](C)CC(=O)c1ccc(/C=C/C(c2cc(Cl)c(Cl)c(Cl)c2)C(F)(F)F)cc1C(F)(F)F. The molecule has 0 saturated heterocycles. The molecule has 0 radical (unpaired) electrons. The molecule has 0 heterocycles.